The van der Waals surface area contributed by atoms with E-state index in [9.17, 15) is 9.18 Å². The summed E-state index contributed by atoms with van der Waals surface area (Å²) in [5, 5.41) is 0. The average Bonchev–Trinajstić information content (AvgIpc) is 2.55. The molecule has 1 amide bonds. The highest BCUT2D eigenvalue weighted by Gasteiger charge is 2.20. The predicted molar refractivity (Wildman–Crippen MR) is 115 cm³/mol. The Morgan fingerprint density at radius 3 is 2.00 bits per heavy atom. The van der Waals surface area contributed by atoms with Crippen molar-refractivity contribution in [3.05, 3.63) is 36.3 Å². The molecular formula is C21H42FN3O2. The van der Waals surface area contributed by atoms with Crippen LogP contribution in [0.2, 0.25) is 0 Å². The number of halogens is 1. The van der Waals surface area contributed by atoms with Crippen molar-refractivity contribution in [2.45, 2.75) is 60.0 Å². The van der Waals surface area contributed by atoms with Gasteiger partial charge in [-0.25, -0.2) is 9.18 Å². The van der Waals surface area contributed by atoms with Crippen LogP contribution >= 0.6 is 0 Å². The summed E-state index contributed by atoms with van der Waals surface area (Å²) in [6, 6.07) is 0. The number of amides is 1. The van der Waals surface area contributed by atoms with E-state index in [2.05, 4.69) is 32.4 Å². The Bertz CT molecular complexity index is 454. The Morgan fingerprint density at radius 2 is 1.74 bits per heavy atom. The molecule has 0 radical (unpaired) electrons. The summed E-state index contributed by atoms with van der Waals surface area (Å²) in [5.74, 6) is -0.300. The Kier molecular flexibility index (Phi) is 19.5. The molecule has 0 aliphatic carbocycles. The van der Waals surface area contributed by atoms with Gasteiger partial charge in [0.2, 0.25) is 0 Å². The average molecular weight is 388 g/mol. The monoisotopic (exact) mass is 387 g/mol. The molecule has 0 heterocycles. The van der Waals surface area contributed by atoms with E-state index in [-0.39, 0.29) is 17.5 Å². The summed E-state index contributed by atoms with van der Waals surface area (Å²) in [6.07, 6.45) is 6.09. The van der Waals surface area contributed by atoms with E-state index in [0.717, 1.165) is 6.42 Å². The van der Waals surface area contributed by atoms with Gasteiger partial charge in [-0.15, -0.1) is 0 Å². The molecule has 0 aromatic heterocycles. The molecule has 0 aromatic rings. The number of carbonyl (C=O) groups is 1. The maximum absolute atomic E-state index is 12.0. The molecule has 0 atom stereocenters. The summed E-state index contributed by atoms with van der Waals surface area (Å²) < 4.78 is 17.1. The largest absolute Gasteiger partial charge is 0.443 e. The molecule has 0 rings (SSSR count). The Hall–Kier alpha value is -1.82. The predicted octanol–water partition coefficient (Wildman–Crippen LogP) is 5.11. The van der Waals surface area contributed by atoms with Gasteiger partial charge in [0.05, 0.1) is 5.83 Å². The molecule has 0 fully saturated rings. The fourth-order valence-corrected chi connectivity index (χ4v) is 1.35. The molecule has 5 nitrogen and oxygen atoms in total. The van der Waals surface area contributed by atoms with E-state index >= 15 is 0 Å². The van der Waals surface area contributed by atoms with Gasteiger partial charge in [0, 0.05) is 19.8 Å². The van der Waals surface area contributed by atoms with E-state index in [0.29, 0.717) is 5.70 Å². The van der Waals surface area contributed by atoms with Crippen LogP contribution in [0.15, 0.2) is 36.3 Å². The SMILES string of the molecule is C=C/C=C(N)\C=C(/C)F.CCC(C)(C)OC(=O)N(C)C.CCCN(C)CC. The van der Waals surface area contributed by atoms with Crippen LogP contribution in [-0.2, 0) is 4.74 Å². The fourth-order valence-electron chi connectivity index (χ4n) is 1.35. The zero-order valence-corrected chi connectivity index (χ0v) is 18.9. The number of nitrogens with zero attached hydrogens (tertiary/aromatic N) is 2. The van der Waals surface area contributed by atoms with Crippen LogP contribution in [-0.4, -0.2) is 55.7 Å². The molecule has 27 heavy (non-hydrogen) atoms. The minimum atomic E-state index is -0.346. The second kappa shape index (κ2) is 17.6. The zero-order valence-electron chi connectivity index (χ0n) is 18.9. The molecule has 2 N–H and O–H groups in total. The summed E-state index contributed by atoms with van der Waals surface area (Å²) in [4.78, 5) is 14.8. The highest BCUT2D eigenvalue weighted by molar-refractivity contribution is 5.67. The van der Waals surface area contributed by atoms with Crippen LogP contribution in [0.25, 0.3) is 0 Å². The maximum atomic E-state index is 12.0. The van der Waals surface area contributed by atoms with Gasteiger partial charge in [-0.3, -0.25) is 0 Å². The molecule has 0 spiro atoms. The van der Waals surface area contributed by atoms with Crippen LogP contribution in [0.1, 0.15) is 54.4 Å². The van der Waals surface area contributed by atoms with Gasteiger partial charge < -0.3 is 20.3 Å². The molecule has 0 saturated carbocycles. The molecule has 0 aromatic carbocycles. The third kappa shape index (κ3) is 24.2. The lowest BCUT2D eigenvalue weighted by molar-refractivity contribution is 0.0194. The molecule has 160 valence electrons. The van der Waals surface area contributed by atoms with Crippen molar-refractivity contribution >= 4 is 6.09 Å². The Morgan fingerprint density at radius 1 is 1.22 bits per heavy atom. The Balaban J connectivity index is -0.000000329. The number of rotatable bonds is 7. The topological polar surface area (TPSA) is 58.8 Å². The lowest BCUT2D eigenvalue weighted by Crippen LogP contribution is -2.33. The van der Waals surface area contributed by atoms with Gasteiger partial charge in [0.1, 0.15) is 5.60 Å². The molecule has 0 aliphatic heterocycles. The fraction of sp³-hybridized carbons (Fsp3) is 0.667. The van der Waals surface area contributed by atoms with E-state index < -0.39 is 0 Å². The van der Waals surface area contributed by atoms with Crippen molar-refractivity contribution in [3.63, 3.8) is 0 Å². The standard InChI is InChI=1S/C8H17NO2.C7H10FN.C6H15N/c1-6-8(2,3)11-7(10)9(4)5;1-3-4-7(9)5-6(2)8;1-4-6-7(3)5-2/h6H2,1-5H3;3-5H,1,9H2,2H3;4-6H2,1-3H3/b;6-5+,7-4+;. The molecule has 0 bridgehead atoms. The van der Waals surface area contributed by atoms with Gasteiger partial charge >= 0.3 is 6.09 Å². The van der Waals surface area contributed by atoms with Gasteiger partial charge in [0.15, 0.2) is 0 Å². The first-order valence-electron chi connectivity index (χ1n) is 9.37. The van der Waals surface area contributed by atoms with Gasteiger partial charge in [-0.1, -0.05) is 33.4 Å². The van der Waals surface area contributed by atoms with Gasteiger partial charge in [-0.05, 0) is 65.9 Å². The third-order valence-electron chi connectivity index (χ3n) is 3.40. The minimum Gasteiger partial charge on any atom is -0.443 e. The van der Waals surface area contributed by atoms with Crippen molar-refractivity contribution in [1.29, 1.82) is 0 Å². The van der Waals surface area contributed by atoms with Crippen LogP contribution < -0.4 is 5.73 Å². The first kappa shape index (κ1) is 29.9. The van der Waals surface area contributed by atoms with Gasteiger partial charge in [0.25, 0.3) is 0 Å². The van der Waals surface area contributed by atoms with E-state index in [1.165, 1.54) is 49.6 Å². The summed E-state index contributed by atoms with van der Waals surface area (Å²) in [5.41, 5.74) is 5.29. The van der Waals surface area contributed by atoms with Crippen LogP contribution in [0.5, 0.6) is 0 Å². The number of hydrogen-bond acceptors (Lipinski definition) is 4. The number of carbonyl (C=O) groups excluding carboxylic acids is 1. The second-order valence-corrected chi connectivity index (χ2v) is 6.91. The van der Waals surface area contributed by atoms with Crippen molar-refractivity contribution in [3.8, 4) is 0 Å². The first-order chi connectivity index (χ1) is 12.4. The number of nitrogens with two attached hydrogens (primary N) is 1. The van der Waals surface area contributed by atoms with Crippen LogP contribution in [0, 0.1) is 0 Å². The normalized spacial score (nSPS) is 11.7. The maximum Gasteiger partial charge on any atom is 0.409 e. The summed E-state index contributed by atoms with van der Waals surface area (Å²) in [6.45, 7) is 17.3. The van der Waals surface area contributed by atoms with E-state index in [1.807, 2.05) is 20.8 Å². The highest BCUT2D eigenvalue weighted by atomic mass is 19.1. The van der Waals surface area contributed by atoms with E-state index in [4.69, 9.17) is 10.5 Å². The van der Waals surface area contributed by atoms with Gasteiger partial charge in [-0.2, -0.15) is 0 Å². The van der Waals surface area contributed by atoms with E-state index in [1.54, 1.807) is 14.1 Å². The van der Waals surface area contributed by atoms with Crippen LogP contribution in [0.3, 0.4) is 0 Å². The van der Waals surface area contributed by atoms with Crippen molar-refractivity contribution in [2.24, 2.45) is 5.73 Å². The number of ether oxygens (including phenoxy) is 1. The van der Waals surface area contributed by atoms with Crippen molar-refractivity contribution in [2.75, 3.05) is 34.2 Å². The molecule has 6 heteroatoms. The number of hydrogen-bond donors (Lipinski definition) is 1. The smallest absolute Gasteiger partial charge is 0.409 e. The molecule has 0 saturated heterocycles. The van der Waals surface area contributed by atoms with Crippen LogP contribution in [0.4, 0.5) is 9.18 Å². The minimum absolute atomic E-state index is 0.281. The van der Waals surface area contributed by atoms with Crippen molar-refractivity contribution < 1.29 is 13.9 Å². The third-order valence-corrected chi connectivity index (χ3v) is 3.40. The molecule has 0 unspecified atom stereocenters. The molecule has 0 aliphatic rings. The van der Waals surface area contributed by atoms with Crippen molar-refractivity contribution in [1.82, 2.24) is 9.80 Å². The summed E-state index contributed by atoms with van der Waals surface area (Å²) >= 11 is 0. The highest BCUT2D eigenvalue weighted by Crippen LogP contribution is 2.14. The lowest BCUT2D eigenvalue weighted by Gasteiger charge is -2.25. The zero-order chi connectivity index (χ0) is 22.0. The quantitative estimate of drug-likeness (QED) is 0.617. The lowest BCUT2D eigenvalue weighted by atomic mass is 10.1. The molecular weight excluding hydrogens is 345 g/mol. The first-order valence-corrected chi connectivity index (χ1v) is 9.37. The Labute approximate surface area is 166 Å². The number of allylic oxidation sites excluding steroid dienone is 4. The second-order valence-electron chi connectivity index (χ2n) is 6.91. The summed E-state index contributed by atoms with van der Waals surface area (Å²) in [7, 11) is 5.49.